The number of methoxy groups -OCH3 is 5. The van der Waals surface area contributed by atoms with Crippen molar-refractivity contribution in [2.24, 2.45) is 5.92 Å². The zero-order valence-electron chi connectivity index (χ0n) is 33.1. The average Bonchev–Trinajstić information content (AvgIpc) is 3.55. The van der Waals surface area contributed by atoms with E-state index in [1.807, 2.05) is 24.3 Å². The molecule has 5 rings (SSSR count). The van der Waals surface area contributed by atoms with Crippen molar-refractivity contribution < 1.29 is 76.5 Å². The molecule has 302 valence electrons. The highest BCUT2D eigenvalue weighted by molar-refractivity contribution is 5.91. The van der Waals surface area contributed by atoms with Gasteiger partial charge in [-0.15, -0.1) is 0 Å². The van der Waals surface area contributed by atoms with E-state index < -0.39 is 11.9 Å². The van der Waals surface area contributed by atoms with E-state index in [4.69, 9.17) is 33.2 Å². The fourth-order valence-electron chi connectivity index (χ4n) is 7.94. The number of benzene rings is 3. The molecule has 2 aliphatic heterocycles. The maximum atomic E-state index is 12.6. The van der Waals surface area contributed by atoms with Crippen molar-refractivity contribution in [3.63, 3.8) is 0 Å². The summed E-state index contributed by atoms with van der Waals surface area (Å²) in [5, 5.41) is 0. The molecule has 1 fully saturated rings. The summed E-state index contributed by atoms with van der Waals surface area (Å²) < 4.78 is 40.2. The van der Waals surface area contributed by atoms with Crippen molar-refractivity contribution in [1.82, 2.24) is 0 Å². The lowest BCUT2D eigenvalue weighted by molar-refractivity contribution is -0.941. The summed E-state index contributed by atoms with van der Waals surface area (Å²) in [6, 6.07) is 18.6. The predicted molar refractivity (Wildman–Crippen MR) is 202 cm³/mol. The van der Waals surface area contributed by atoms with E-state index in [2.05, 4.69) is 44.4 Å². The number of fused-ring (bicyclic) bond motifs is 1. The molecule has 0 N–H and O–H groups in total. The SMILES string of the molecule is COc1ccc(CC2c3cc(OC)c(OC)cc3CC[N+]2(C)CCCOC(=O)C=CC(=O)OCC2CC[N+](C)(Cc3ccc(OC)c(OC)c3)C2)cc1.[Cl-].[Cl-]. The fourth-order valence-corrected chi connectivity index (χ4v) is 7.94. The van der Waals surface area contributed by atoms with Gasteiger partial charge in [0.25, 0.3) is 0 Å². The third-order valence-electron chi connectivity index (χ3n) is 10.9. The number of hydrogen-bond donors (Lipinski definition) is 0. The highest BCUT2D eigenvalue weighted by Gasteiger charge is 2.40. The molecule has 55 heavy (non-hydrogen) atoms. The van der Waals surface area contributed by atoms with Crippen LogP contribution in [0.1, 0.15) is 41.1 Å². The topological polar surface area (TPSA) is 98.8 Å². The van der Waals surface area contributed by atoms with Gasteiger partial charge in [-0.2, -0.15) is 0 Å². The molecule has 2 heterocycles. The van der Waals surface area contributed by atoms with Gasteiger partial charge in [-0.05, 0) is 53.6 Å². The summed E-state index contributed by atoms with van der Waals surface area (Å²) in [7, 11) is 12.8. The molecule has 3 aromatic rings. The van der Waals surface area contributed by atoms with E-state index in [1.165, 1.54) is 16.7 Å². The van der Waals surface area contributed by atoms with Gasteiger partial charge in [-0.25, -0.2) is 9.59 Å². The molecule has 0 saturated carbocycles. The molecule has 0 bridgehead atoms. The normalized spacial score (nSPS) is 21.4. The largest absolute Gasteiger partial charge is 1.00 e. The molecule has 2 aliphatic rings. The Morgan fingerprint density at radius 2 is 1.35 bits per heavy atom. The molecule has 11 nitrogen and oxygen atoms in total. The number of carbonyl (C=O) groups is 2. The zero-order valence-corrected chi connectivity index (χ0v) is 34.6. The van der Waals surface area contributed by atoms with Crippen molar-refractivity contribution in [2.75, 3.05) is 89.0 Å². The second kappa shape index (κ2) is 20.7. The number of rotatable bonds is 17. The summed E-state index contributed by atoms with van der Waals surface area (Å²) in [4.78, 5) is 25.1. The van der Waals surface area contributed by atoms with Gasteiger partial charge in [0.05, 0.1) is 82.4 Å². The van der Waals surface area contributed by atoms with Crippen LogP contribution in [-0.2, 0) is 38.4 Å². The third-order valence-corrected chi connectivity index (χ3v) is 10.9. The lowest BCUT2D eigenvalue weighted by atomic mass is 9.86. The van der Waals surface area contributed by atoms with Crippen LogP contribution < -0.4 is 48.5 Å². The molecule has 0 radical (unpaired) electrons. The highest BCUT2D eigenvalue weighted by Crippen LogP contribution is 2.42. The summed E-state index contributed by atoms with van der Waals surface area (Å²) in [5.41, 5.74) is 4.87. The third kappa shape index (κ3) is 11.7. The Morgan fingerprint density at radius 3 is 2.00 bits per heavy atom. The van der Waals surface area contributed by atoms with Gasteiger partial charge < -0.3 is 66.9 Å². The lowest BCUT2D eigenvalue weighted by Gasteiger charge is -2.46. The highest BCUT2D eigenvalue weighted by atomic mass is 35.5. The summed E-state index contributed by atoms with van der Waals surface area (Å²) >= 11 is 0. The van der Waals surface area contributed by atoms with E-state index >= 15 is 0 Å². The zero-order chi connectivity index (χ0) is 38.0. The molecule has 4 unspecified atom stereocenters. The molecule has 3 aromatic carbocycles. The maximum absolute atomic E-state index is 12.6. The van der Waals surface area contributed by atoms with Gasteiger partial charge in [0.1, 0.15) is 24.9 Å². The van der Waals surface area contributed by atoms with Crippen molar-refractivity contribution in [3.05, 3.63) is 89.0 Å². The van der Waals surface area contributed by atoms with Crippen LogP contribution in [-0.4, -0.2) is 110 Å². The molecule has 0 spiro atoms. The van der Waals surface area contributed by atoms with Crippen LogP contribution >= 0.6 is 0 Å². The maximum Gasteiger partial charge on any atom is 0.331 e. The van der Waals surface area contributed by atoms with Crippen LogP contribution in [0.4, 0.5) is 0 Å². The Morgan fingerprint density at radius 1 is 0.727 bits per heavy atom. The Labute approximate surface area is 338 Å². The number of likely N-dealkylation sites (tertiary alicyclic amines) is 1. The van der Waals surface area contributed by atoms with Crippen LogP contribution in [0.15, 0.2) is 66.7 Å². The first-order valence-corrected chi connectivity index (χ1v) is 18.3. The van der Waals surface area contributed by atoms with Crippen molar-refractivity contribution in [1.29, 1.82) is 0 Å². The minimum Gasteiger partial charge on any atom is -1.00 e. The molecular weight excluding hydrogens is 747 g/mol. The molecule has 4 atom stereocenters. The van der Waals surface area contributed by atoms with Gasteiger partial charge in [0.15, 0.2) is 23.0 Å². The number of ether oxygens (including phenoxy) is 7. The van der Waals surface area contributed by atoms with E-state index in [-0.39, 0.29) is 43.4 Å². The number of nitrogens with zero attached hydrogens (tertiary/aromatic N) is 2. The quantitative estimate of drug-likeness (QED) is 0.0792. The molecule has 13 heteroatoms. The van der Waals surface area contributed by atoms with Crippen molar-refractivity contribution in [3.8, 4) is 28.7 Å². The molecule has 0 aliphatic carbocycles. The Balaban J connectivity index is 0.00000406. The van der Waals surface area contributed by atoms with E-state index in [0.29, 0.717) is 30.3 Å². The monoisotopic (exact) mass is 802 g/mol. The van der Waals surface area contributed by atoms with Crippen molar-refractivity contribution in [2.45, 2.75) is 38.3 Å². The number of halogens is 2. The van der Waals surface area contributed by atoms with Crippen LogP contribution in [0, 0.1) is 5.92 Å². The number of hydrogen-bond acceptors (Lipinski definition) is 9. The number of likely N-dealkylation sites (N-methyl/N-ethyl adjacent to an activating group) is 1. The summed E-state index contributed by atoms with van der Waals surface area (Å²) in [6.45, 7) is 5.01. The molecule has 0 aromatic heterocycles. The lowest BCUT2D eigenvalue weighted by Crippen LogP contribution is -3.00. The Hall–Kier alpha value is -4.16. The number of quaternary nitrogens is 2. The second-order valence-electron chi connectivity index (χ2n) is 14.7. The number of carbonyl (C=O) groups excluding carboxylic acids is 2. The number of esters is 2. The van der Waals surface area contributed by atoms with Crippen LogP contribution in [0.5, 0.6) is 28.7 Å². The van der Waals surface area contributed by atoms with Crippen LogP contribution in [0.3, 0.4) is 0 Å². The van der Waals surface area contributed by atoms with Gasteiger partial charge in [0.2, 0.25) is 0 Å². The first-order chi connectivity index (χ1) is 25.5. The Kier molecular flexibility index (Phi) is 17.0. The molecular formula is C42H56Cl2N2O9. The van der Waals surface area contributed by atoms with Gasteiger partial charge in [-0.1, -0.05) is 12.1 Å². The minimum absolute atomic E-state index is 0. The van der Waals surface area contributed by atoms with Gasteiger partial charge in [-0.3, -0.25) is 0 Å². The Bertz CT molecular complexity index is 1760. The average molecular weight is 804 g/mol. The predicted octanol–water partition coefficient (Wildman–Crippen LogP) is -0.276. The second-order valence-corrected chi connectivity index (χ2v) is 14.7. The minimum atomic E-state index is -0.555. The van der Waals surface area contributed by atoms with E-state index in [0.717, 1.165) is 90.2 Å². The van der Waals surface area contributed by atoms with Gasteiger partial charge >= 0.3 is 11.9 Å². The van der Waals surface area contributed by atoms with Crippen LogP contribution in [0.2, 0.25) is 0 Å². The van der Waals surface area contributed by atoms with Crippen LogP contribution in [0.25, 0.3) is 0 Å². The molecule has 0 amide bonds. The van der Waals surface area contributed by atoms with Crippen molar-refractivity contribution >= 4 is 11.9 Å². The smallest absolute Gasteiger partial charge is 0.331 e. The summed E-state index contributed by atoms with van der Waals surface area (Å²) in [5.74, 6) is 2.84. The summed E-state index contributed by atoms with van der Waals surface area (Å²) in [6.07, 6.45) is 5.67. The van der Waals surface area contributed by atoms with Gasteiger partial charge in [0, 0.05) is 54.9 Å². The molecule has 1 saturated heterocycles. The van der Waals surface area contributed by atoms with E-state index in [1.54, 1.807) is 35.5 Å². The standard InChI is InChI=1S/C42H56N2O9.2ClH/c1-43(27-31-11-14-37(48-4)38(24-31)49-5)20-17-32(28-43)29-53-42(46)16-15-41(45)52-22-8-19-44(2)21-18-33-25-39(50-6)40(51-7)26-35(33)36(44)23-30-9-12-34(47-3)13-10-30;;/h9-16,24-26,32,36H,8,17-23,27-29H2,1-7H3;2*1H/q+2;;/p-2. The fraction of sp³-hybridized carbons (Fsp3) is 0.476. The van der Waals surface area contributed by atoms with E-state index in [9.17, 15) is 9.59 Å². The first-order valence-electron chi connectivity index (χ1n) is 18.3. The first kappa shape index (κ1) is 45.2.